The number of anilines is 1. The molecule has 24 heavy (non-hydrogen) atoms. The Hall–Kier alpha value is -1.18. The second kappa shape index (κ2) is 6.61. The molecule has 7 heteroatoms. The molecular formula is C17H25FN2O3S. The first-order valence-electron chi connectivity index (χ1n) is 8.54. The predicted molar refractivity (Wildman–Crippen MR) is 91.4 cm³/mol. The number of aliphatic hydroxyl groups is 1. The van der Waals surface area contributed by atoms with Gasteiger partial charge in [-0.15, -0.1) is 0 Å². The van der Waals surface area contributed by atoms with E-state index in [0.717, 1.165) is 6.42 Å². The number of hydrogen-bond acceptors (Lipinski definition) is 3. The van der Waals surface area contributed by atoms with Gasteiger partial charge in [-0.3, -0.25) is 4.31 Å². The van der Waals surface area contributed by atoms with E-state index in [4.69, 9.17) is 0 Å². The van der Waals surface area contributed by atoms with Gasteiger partial charge in [0.1, 0.15) is 5.82 Å². The number of nitrogens with zero attached hydrogens (tertiary/aromatic N) is 2. The van der Waals surface area contributed by atoms with Gasteiger partial charge in [0.2, 0.25) is 0 Å². The van der Waals surface area contributed by atoms with Crippen LogP contribution in [0.2, 0.25) is 0 Å². The van der Waals surface area contributed by atoms with Crippen molar-refractivity contribution in [3.8, 4) is 0 Å². The standard InChI is InChI=1S/C17H25FN2O3S/c1-12-8-13(2)11-19(10-12)24(22,23)20-7-3-4-17(21)15-9-14(18)5-6-16(15)20/h5-6,9,12-13,17,21H,3-4,7-8,10-11H2,1-2H3/t12-,13+,17-/m1/s1. The lowest BCUT2D eigenvalue weighted by Crippen LogP contribution is -2.50. The summed E-state index contributed by atoms with van der Waals surface area (Å²) in [6.07, 6.45) is 1.15. The molecule has 0 unspecified atom stereocenters. The van der Waals surface area contributed by atoms with Crippen LogP contribution in [0, 0.1) is 17.7 Å². The summed E-state index contributed by atoms with van der Waals surface area (Å²) in [5.41, 5.74) is 0.751. The first-order valence-corrected chi connectivity index (χ1v) is 9.94. The van der Waals surface area contributed by atoms with E-state index >= 15 is 0 Å². The van der Waals surface area contributed by atoms with Crippen molar-refractivity contribution < 1.29 is 17.9 Å². The van der Waals surface area contributed by atoms with Crippen molar-refractivity contribution >= 4 is 15.9 Å². The SMILES string of the molecule is C[C@@H]1C[C@H](C)CN(S(=O)(=O)N2CCC[C@@H](O)c3cc(F)ccc32)C1. The monoisotopic (exact) mass is 356 g/mol. The van der Waals surface area contributed by atoms with Gasteiger partial charge in [-0.1, -0.05) is 13.8 Å². The Labute approximate surface area is 143 Å². The summed E-state index contributed by atoms with van der Waals surface area (Å²) >= 11 is 0. The quantitative estimate of drug-likeness (QED) is 0.886. The van der Waals surface area contributed by atoms with Crippen LogP contribution in [0.4, 0.5) is 10.1 Å². The van der Waals surface area contributed by atoms with E-state index < -0.39 is 22.1 Å². The van der Waals surface area contributed by atoms with E-state index in [1.165, 1.54) is 26.8 Å². The maximum atomic E-state index is 13.6. The van der Waals surface area contributed by atoms with Crippen LogP contribution in [0.5, 0.6) is 0 Å². The van der Waals surface area contributed by atoms with Crippen LogP contribution < -0.4 is 4.31 Å². The molecule has 2 aliphatic rings. The zero-order valence-electron chi connectivity index (χ0n) is 14.2. The normalized spacial score (nSPS) is 29.2. The molecule has 3 rings (SSSR count). The zero-order valence-corrected chi connectivity index (χ0v) is 15.0. The molecule has 1 aromatic rings. The number of rotatable bonds is 2. The Balaban J connectivity index is 2.00. The molecule has 0 amide bonds. The smallest absolute Gasteiger partial charge is 0.304 e. The van der Waals surface area contributed by atoms with Crippen molar-refractivity contribution in [1.29, 1.82) is 0 Å². The maximum Gasteiger partial charge on any atom is 0.304 e. The van der Waals surface area contributed by atoms with Gasteiger partial charge in [-0.2, -0.15) is 12.7 Å². The van der Waals surface area contributed by atoms with Crippen LogP contribution in [0.15, 0.2) is 18.2 Å². The van der Waals surface area contributed by atoms with Crippen molar-refractivity contribution in [2.45, 2.75) is 39.2 Å². The molecule has 1 N–H and O–H groups in total. The average molecular weight is 356 g/mol. The van der Waals surface area contributed by atoms with Gasteiger partial charge >= 0.3 is 10.2 Å². The first kappa shape index (κ1) is 17.6. The molecule has 0 aliphatic carbocycles. The van der Waals surface area contributed by atoms with Crippen molar-refractivity contribution in [3.05, 3.63) is 29.6 Å². The Morgan fingerprint density at radius 3 is 2.54 bits per heavy atom. The molecule has 0 saturated carbocycles. The van der Waals surface area contributed by atoms with Gasteiger partial charge in [-0.05, 0) is 49.3 Å². The van der Waals surface area contributed by atoms with E-state index in [1.54, 1.807) is 0 Å². The van der Waals surface area contributed by atoms with E-state index in [-0.39, 0.29) is 0 Å². The highest BCUT2D eigenvalue weighted by Crippen LogP contribution is 2.36. The zero-order chi connectivity index (χ0) is 17.5. The molecule has 2 aliphatic heterocycles. The second-order valence-corrected chi connectivity index (χ2v) is 9.06. The molecule has 134 valence electrons. The van der Waals surface area contributed by atoms with Gasteiger partial charge in [0.05, 0.1) is 11.8 Å². The third-order valence-corrected chi connectivity index (χ3v) is 6.78. The fourth-order valence-electron chi connectivity index (χ4n) is 3.90. The highest BCUT2D eigenvalue weighted by atomic mass is 32.2. The number of piperidine rings is 1. The largest absolute Gasteiger partial charge is 0.388 e. The first-order chi connectivity index (χ1) is 11.3. The van der Waals surface area contributed by atoms with E-state index in [0.29, 0.717) is 55.6 Å². The van der Waals surface area contributed by atoms with Crippen molar-refractivity contribution in [2.24, 2.45) is 11.8 Å². The lowest BCUT2D eigenvalue weighted by Gasteiger charge is -2.38. The second-order valence-electron chi connectivity index (χ2n) is 7.20. The number of aliphatic hydroxyl groups excluding tert-OH is 1. The highest BCUT2D eigenvalue weighted by Gasteiger charge is 2.37. The molecule has 0 spiro atoms. The summed E-state index contributed by atoms with van der Waals surface area (Å²) in [4.78, 5) is 0. The van der Waals surface area contributed by atoms with Crippen LogP contribution in [0.25, 0.3) is 0 Å². The molecule has 1 fully saturated rings. The summed E-state index contributed by atoms with van der Waals surface area (Å²) < 4.78 is 42.9. The van der Waals surface area contributed by atoms with Crippen LogP contribution in [0.1, 0.15) is 44.8 Å². The van der Waals surface area contributed by atoms with Crippen molar-refractivity contribution in [1.82, 2.24) is 4.31 Å². The van der Waals surface area contributed by atoms with Crippen LogP contribution >= 0.6 is 0 Å². The molecule has 3 atom stereocenters. The third kappa shape index (κ3) is 3.30. The minimum absolute atomic E-state index is 0.303. The number of benzene rings is 1. The average Bonchev–Trinajstić information content (AvgIpc) is 2.66. The highest BCUT2D eigenvalue weighted by molar-refractivity contribution is 7.90. The van der Waals surface area contributed by atoms with Gasteiger partial charge in [0.25, 0.3) is 0 Å². The number of fused-ring (bicyclic) bond motifs is 1. The molecule has 1 saturated heterocycles. The van der Waals surface area contributed by atoms with Gasteiger partial charge < -0.3 is 5.11 Å². The van der Waals surface area contributed by atoms with Gasteiger partial charge in [0, 0.05) is 25.2 Å². The van der Waals surface area contributed by atoms with Crippen LogP contribution in [-0.2, 0) is 10.2 Å². The van der Waals surface area contributed by atoms with Crippen molar-refractivity contribution in [3.63, 3.8) is 0 Å². The van der Waals surface area contributed by atoms with Crippen molar-refractivity contribution in [2.75, 3.05) is 23.9 Å². The summed E-state index contributed by atoms with van der Waals surface area (Å²) in [6.45, 7) is 5.43. The topological polar surface area (TPSA) is 60.9 Å². The van der Waals surface area contributed by atoms with Crippen LogP contribution in [0.3, 0.4) is 0 Å². The molecule has 0 aromatic heterocycles. The molecule has 2 heterocycles. The third-order valence-electron chi connectivity index (χ3n) is 4.90. The Bertz CT molecular complexity index is 700. The fraction of sp³-hybridized carbons (Fsp3) is 0.647. The molecule has 1 aromatic carbocycles. The molecular weight excluding hydrogens is 331 g/mol. The van der Waals surface area contributed by atoms with Crippen LogP contribution in [-0.4, -0.2) is 37.5 Å². The summed E-state index contributed by atoms with van der Waals surface area (Å²) in [6, 6.07) is 3.96. The summed E-state index contributed by atoms with van der Waals surface area (Å²) in [5, 5.41) is 10.2. The lowest BCUT2D eigenvalue weighted by atomic mass is 9.94. The minimum Gasteiger partial charge on any atom is -0.388 e. The number of halogens is 1. The predicted octanol–water partition coefficient (Wildman–Crippen LogP) is 2.68. The molecule has 0 bridgehead atoms. The maximum absolute atomic E-state index is 13.6. The molecule has 5 nitrogen and oxygen atoms in total. The summed E-state index contributed by atoms with van der Waals surface area (Å²) in [5.74, 6) is 0.162. The Morgan fingerprint density at radius 1 is 1.21 bits per heavy atom. The fourth-order valence-corrected chi connectivity index (χ4v) is 5.84. The van der Waals surface area contributed by atoms with Gasteiger partial charge in [0.15, 0.2) is 0 Å². The Morgan fingerprint density at radius 2 is 1.88 bits per heavy atom. The van der Waals surface area contributed by atoms with E-state index in [1.807, 2.05) is 0 Å². The lowest BCUT2D eigenvalue weighted by molar-refractivity contribution is 0.168. The molecule has 0 radical (unpaired) electrons. The minimum atomic E-state index is -3.69. The number of hydrogen-bond donors (Lipinski definition) is 1. The van der Waals surface area contributed by atoms with E-state index in [2.05, 4.69) is 13.8 Å². The van der Waals surface area contributed by atoms with Gasteiger partial charge in [-0.25, -0.2) is 4.39 Å². The van der Waals surface area contributed by atoms with E-state index in [9.17, 15) is 17.9 Å². The Kier molecular flexibility index (Phi) is 4.86. The summed E-state index contributed by atoms with van der Waals surface area (Å²) in [7, 11) is -3.69.